The van der Waals surface area contributed by atoms with Crippen LogP contribution in [0.15, 0.2) is 10.9 Å². The number of amides is 1. The zero-order valence-corrected chi connectivity index (χ0v) is 10.1. The number of thiazole rings is 1. The van der Waals surface area contributed by atoms with Crippen LogP contribution in [0.1, 0.15) is 25.0 Å². The maximum Gasteiger partial charge on any atom is 0.220 e. The molecule has 0 aromatic carbocycles. The van der Waals surface area contributed by atoms with Gasteiger partial charge in [-0.1, -0.05) is 0 Å². The van der Waals surface area contributed by atoms with Gasteiger partial charge in [0.1, 0.15) is 0 Å². The lowest BCUT2D eigenvalue weighted by Crippen LogP contribution is -2.25. The number of unbranched alkanes of at least 4 members (excludes halogenated alkanes) is 1. The van der Waals surface area contributed by atoms with Crippen LogP contribution in [-0.4, -0.2) is 23.3 Å². The predicted octanol–water partition coefficient (Wildman–Crippen LogP) is 2.21. The van der Waals surface area contributed by atoms with E-state index in [4.69, 9.17) is 11.6 Å². The summed E-state index contributed by atoms with van der Waals surface area (Å²) in [5.74, 6) is 0.738. The molecule has 15 heavy (non-hydrogen) atoms. The fourth-order valence-electron chi connectivity index (χ4n) is 1.16. The van der Waals surface area contributed by atoms with E-state index < -0.39 is 0 Å². The highest BCUT2D eigenvalue weighted by Crippen LogP contribution is 2.01. The minimum Gasteiger partial charge on any atom is -0.356 e. The van der Waals surface area contributed by atoms with Crippen LogP contribution in [0.25, 0.3) is 0 Å². The van der Waals surface area contributed by atoms with Crippen molar-refractivity contribution in [1.29, 1.82) is 0 Å². The first-order chi connectivity index (χ1) is 7.33. The molecule has 3 nitrogen and oxygen atoms in total. The van der Waals surface area contributed by atoms with Crippen molar-refractivity contribution in [3.8, 4) is 0 Å². The Hall–Kier alpha value is -0.610. The molecule has 0 saturated heterocycles. The van der Waals surface area contributed by atoms with Gasteiger partial charge in [-0.25, -0.2) is 4.98 Å². The third kappa shape index (κ3) is 5.74. The second-order valence-electron chi connectivity index (χ2n) is 3.23. The number of carbonyl (C=O) groups is 1. The number of rotatable bonds is 7. The monoisotopic (exact) mass is 246 g/mol. The van der Waals surface area contributed by atoms with E-state index in [-0.39, 0.29) is 5.91 Å². The summed E-state index contributed by atoms with van der Waals surface area (Å²) in [4.78, 5) is 15.4. The third-order valence-electron chi connectivity index (χ3n) is 1.97. The molecular weight excluding hydrogens is 232 g/mol. The van der Waals surface area contributed by atoms with Gasteiger partial charge in [0.05, 0.1) is 11.2 Å². The molecule has 5 heteroatoms. The first kappa shape index (κ1) is 12.5. The van der Waals surface area contributed by atoms with Gasteiger partial charge in [0.25, 0.3) is 0 Å². The molecule has 0 fully saturated rings. The van der Waals surface area contributed by atoms with Crippen LogP contribution in [-0.2, 0) is 11.2 Å². The quantitative estimate of drug-likeness (QED) is 0.592. The highest BCUT2D eigenvalue weighted by molar-refractivity contribution is 7.07. The van der Waals surface area contributed by atoms with Crippen LogP contribution in [0.3, 0.4) is 0 Å². The molecule has 0 unspecified atom stereocenters. The molecule has 1 aromatic heterocycles. The molecule has 1 amide bonds. The smallest absolute Gasteiger partial charge is 0.220 e. The van der Waals surface area contributed by atoms with E-state index in [1.165, 1.54) is 0 Å². The van der Waals surface area contributed by atoms with Crippen LogP contribution in [0.5, 0.6) is 0 Å². The molecule has 1 heterocycles. The number of nitrogens with one attached hydrogen (secondary N) is 1. The van der Waals surface area contributed by atoms with Gasteiger partial charge in [0, 0.05) is 30.6 Å². The van der Waals surface area contributed by atoms with Gasteiger partial charge in [0.15, 0.2) is 0 Å². The zero-order valence-electron chi connectivity index (χ0n) is 8.54. The number of aromatic nitrogens is 1. The molecule has 1 N–H and O–H groups in total. The minimum absolute atomic E-state index is 0.107. The Balaban J connectivity index is 2.02. The van der Waals surface area contributed by atoms with Crippen LogP contribution in [0.2, 0.25) is 0 Å². The molecular formula is C10H15ClN2OS. The highest BCUT2D eigenvalue weighted by atomic mass is 35.5. The van der Waals surface area contributed by atoms with Gasteiger partial charge in [-0.05, 0) is 12.8 Å². The normalized spacial score (nSPS) is 10.2. The Labute approximate surface area is 98.9 Å². The van der Waals surface area contributed by atoms with E-state index in [1.807, 2.05) is 5.38 Å². The van der Waals surface area contributed by atoms with Crippen molar-refractivity contribution in [2.24, 2.45) is 0 Å². The fourth-order valence-corrected chi connectivity index (χ4v) is 1.94. The van der Waals surface area contributed by atoms with Crippen LogP contribution in [0, 0.1) is 0 Å². The van der Waals surface area contributed by atoms with E-state index in [9.17, 15) is 4.79 Å². The minimum atomic E-state index is 0.107. The summed E-state index contributed by atoms with van der Waals surface area (Å²) >= 11 is 7.09. The van der Waals surface area contributed by atoms with Crippen LogP contribution in [0.4, 0.5) is 0 Å². The molecule has 1 rings (SSSR count). The summed E-state index contributed by atoms with van der Waals surface area (Å²) in [6, 6.07) is 0. The summed E-state index contributed by atoms with van der Waals surface area (Å²) in [6.07, 6.45) is 3.15. The first-order valence-electron chi connectivity index (χ1n) is 5.02. The van der Waals surface area contributed by atoms with Crippen molar-refractivity contribution in [1.82, 2.24) is 10.3 Å². The molecule has 0 bridgehead atoms. The van der Waals surface area contributed by atoms with Crippen molar-refractivity contribution >= 4 is 28.8 Å². The number of hydrogen-bond donors (Lipinski definition) is 1. The predicted molar refractivity (Wildman–Crippen MR) is 63.4 cm³/mol. The Bertz CT molecular complexity index is 277. The second kappa shape index (κ2) is 7.65. The van der Waals surface area contributed by atoms with Gasteiger partial charge >= 0.3 is 0 Å². The average molecular weight is 247 g/mol. The van der Waals surface area contributed by atoms with E-state index in [2.05, 4.69) is 10.3 Å². The maximum atomic E-state index is 11.3. The van der Waals surface area contributed by atoms with Crippen molar-refractivity contribution < 1.29 is 4.79 Å². The topological polar surface area (TPSA) is 42.0 Å². The molecule has 0 spiro atoms. The van der Waals surface area contributed by atoms with Crippen molar-refractivity contribution in [3.05, 3.63) is 16.6 Å². The van der Waals surface area contributed by atoms with E-state index in [0.29, 0.717) is 18.8 Å². The highest BCUT2D eigenvalue weighted by Gasteiger charge is 2.00. The molecule has 0 radical (unpaired) electrons. The lowest BCUT2D eigenvalue weighted by atomic mass is 10.2. The average Bonchev–Trinajstić information content (AvgIpc) is 2.71. The molecule has 1 aromatic rings. The second-order valence-corrected chi connectivity index (χ2v) is 4.32. The summed E-state index contributed by atoms with van der Waals surface area (Å²) in [5, 5.41) is 4.86. The van der Waals surface area contributed by atoms with E-state index in [1.54, 1.807) is 16.8 Å². The van der Waals surface area contributed by atoms with Crippen LogP contribution < -0.4 is 5.32 Å². The lowest BCUT2D eigenvalue weighted by molar-refractivity contribution is -0.121. The molecule has 0 saturated carbocycles. The molecule has 0 aliphatic rings. The number of alkyl halides is 1. The summed E-state index contributed by atoms with van der Waals surface area (Å²) in [5.41, 5.74) is 2.85. The van der Waals surface area contributed by atoms with Gasteiger partial charge in [-0.15, -0.1) is 22.9 Å². The maximum absolute atomic E-state index is 11.3. The van der Waals surface area contributed by atoms with Crippen molar-refractivity contribution in [3.63, 3.8) is 0 Å². The number of carbonyl (C=O) groups excluding carboxylic acids is 1. The molecule has 84 valence electrons. The molecule has 0 atom stereocenters. The number of hydrogen-bond acceptors (Lipinski definition) is 3. The van der Waals surface area contributed by atoms with Gasteiger partial charge in [0.2, 0.25) is 5.91 Å². The molecule has 0 aliphatic carbocycles. The Kier molecular flexibility index (Phi) is 6.36. The van der Waals surface area contributed by atoms with Crippen molar-refractivity contribution in [2.75, 3.05) is 12.4 Å². The SMILES string of the molecule is O=C(CCCCCl)NCCc1cscn1. The Morgan fingerprint density at radius 3 is 3.07 bits per heavy atom. The van der Waals surface area contributed by atoms with E-state index >= 15 is 0 Å². The molecule has 0 aliphatic heterocycles. The standard InChI is InChI=1S/C10H15ClN2OS/c11-5-2-1-3-10(14)12-6-4-9-7-15-8-13-9/h7-8H,1-6H2,(H,12,14). The number of halogens is 1. The first-order valence-corrected chi connectivity index (χ1v) is 6.50. The summed E-state index contributed by atoms with van der Waals surface area (Å²) < 4.78 is 0. The fraction of sp³-hybridized carbons (Fsp3) is 0.600. The summed E-state index contributed by atoms with van der Waals surface area (Å²) in [7, 11) is 0. The Morgan fingerprint density at radius 1 is 1.53 bits per heavy atom. The Morgan fingerprint density at radius 2 is 2.40 bits per heavy atom. The lowest BCUT2D eigenvalue weighted by Gasteiger charge is -2.02. The zero-order chi connectivity index (χ0) is 10.9. The van der Waals surface area contributed by atoms with Crippen LogP contribution >= 0.6 is 22.9 Å². The van der Waals surface area contributed by atoms with Gasteiger partial charge in [-0.3, -0.25) is 4.79 Å². The van der Waals surface area contributed by atoms with E-state index in [0.717, 1.165) is 25.0 Å². The van der Waals surface area contributed by atoms with Gasteiger partial charge < -0.3 is 5.32 Å². The largest absolute Gasteiger partial charge is 0.356 e. The summed E-state index contributed by atoms with van der Waals surface area (Å²) in [6.45, 7) is 0.670. The van der Waals surface area contributed by atoms with Gasteiger partial charge in [-0.2, -0.15) is 0 Å². The third-order valence-corrected chi connectivity index (χ3v) is 2.88. The number of nitrogens with zero attached hydrogens (tertiary/aromatic N) is 1. The van der Waals surface area contributed by atoms with Crippen molar-refractivity contribution in [2.45, 2.75) is 25.7 Å².